The van der Waals surface area contributed by atoms with Crippen molar-refractivity contribution in [2.45, 2.75) is 32.1 Å². The Kier molecular flexibility index (Phi) is 3.32. The molecule has 1 aliphatic carbocycles. The second kappa shape index (κ2) is 5.10. The van der Waals surface area contributed by atoms with E-state index in [2.05, 4.69) is 15.5 Å². The highest BCUT2D eigenvalue weighted by Crippen LogP contribution is 2.34. The highest BCUT2D eigenvalue weighted by Gasteiger charge is 2.24. The lowest BCUT2D eigenvalue weighted by atomic mass is 9.83. The summed E-state index contributed by atoms with van der Waals surface area (Å²) in [6.07, 6.45) is 5.17. The van der Waals surface area contributed by atoms with Crippen LogP contribution in [0.15, 0.2) is 6.07 Å². The van der Waals surface area contributed by atoms with Crippen molar-refractivity contribution in [2.24, 2.45) is 5.92 Å². The van der Waals surface area contributed by atoms with E-state index in [1.165, 1.54) is 12.3 Å². The fraction of sp³-hybridized carbons (Fsp3) is 0.615. The maximum absolute atomic E-state index is 12.0. The van der Waals surface area contributed by atoms with Crippen molar-refractivity contribution in [3.05, 3.63) is 17.7 Å². The molecule has 2 N–H and O–H groups in total. The fourth-order valence-corrected chi connectivity index (χ4v) is 2.38. The Morgan fingerprint density at radius 2 is 2.17 bits per heavy atom. The Labute approximate surface area is 106 Å². The number of nitrogens with zero attached hydrogens (tertiary/aromatic N) is 1. The van der Waals surface area contributed by atoms with Crippen molar-refractivity contribution in [1.82, 2.24) is 10.2 Å². The summed E-state index contributed by atoms with van der Waals surface area (Å²) in [4.78, 5) is 12.0. The standard InChI is InChI=1S/C13H18N3O2/c17-13(10-4-6-18-7-5-10)14-12-8-11(15-16-12)9-2-1-3-9/h8,10H,1-7H2,(H2,14,15,16,17). The highest BCUT2D eigenvalue weighted by atomic mass is 16.5. The van der Waals surface area contributed by atoms with Crippen LogP contribution >= 0.6 is 0 Å². The monoisotopic (exact) mass is 248 g/mol. The molecule has 1 aliphatic heterocycles. The lowest BCUT2D eigenvalue weighted by Crippen LogP contribution is -2.28. The molecular formula is C13H18N3O2. The number of H-pyrrole nitrogens is 1. The zero-order chi connectivity index (χ0) is 12.4. The molecule has 5 nitrogen and oxygen atoms in total. The summed E-state index contributed by atoms with van der Waals surface area (Å²) >= 11 is 0. The molecule has 1 radical (unpaired) electrons. The number of carbonyl (C=O) groups is 1. The summed E-state index contributed by atoms with van der Waals surface area (Å²) in [6.45, 7) is 1.36. The quantitative estimate of drug-likeness (QED) is 0.858. The van der Waals surface area contributed by atoms with Crippen molar-refractivity contribution < 1.29 is 9.53 Å². The van der Waals surface area contributed by atoms with Gasteiger partial charge >= 0.3 is 0 Å². The highest BCUT2D eigenvalue weighted by molar-refractivity contribution is 5.91. The van der Waals surface area contributed by atoms with E-state index in [1.54, 1.807) is 0 Å². The molecule has 2 heterocycles. The van der Waals surface area contributed by atoms with E-state index < -0.39 is 0 Å². The van der Waals surface area contributed by atoms with E-state index in [1.807, 2.05) is 6.07 Å². The van der Waals surface area contributed by atoms with Crippen molar-refractivity contribution in [3.8, 4) is 0 Å². The number of aromatic nitrogens is 2. The Balaban J connectivity index is 1.57. The molecule has 1 saturated heterocycles. The average Bonchev–Trinajstić information content (AvgIpc) is 2.76. The van der Waals surface area contributed by atoms with Crippen LogP contribution in [0.3, 0.4) is 0 Å². The van der Waals surface area contributed by atoms with Crippen LogP contribution in [0.5, 0.6) is 0 Å². The van der Waals surface area contributed by atoms with Crippen molar-refractivity contribution >= 4 is 11.7 Å². The molecule has 5 heteroatoms. The third kappa shape index (κ3) is 2.41. The van der Waals surface area contributed by atoms with Crippen LogP contribution in [0.1, 0.15) is 37.8 Å². The first-order chi connectivity index (χ1) is 8.83. The van der Waals surface area contributed by atoms with Crippen LogP contribution in [-0.4, -0.2) is 29.3 Å². The Morgan fingerprint density at radius 1 is 1.39 bits per heavy atom. The van der Waals surface area contributed by atoms with Gasteiger partial charge in [0.1, 0.15) is 0 Å². The van der Waals surface area contributed by atoms with Gasteiger partial charge in [0.05, 0.1) is 0 Å². The largest absolute Gasteiger partial charge is 0.381 e. The molecule has 0 spiro atoms. The Morgan fingerprint density at radius 3 is 2.83 bits per heavy atom. The molecule has 0 unspecified atom stereocenters. The van der Waals surface area contributed by atoms with Gasteiger partial charge in [-0.3, -0.25) is 9.89 Å². The molecular weight excluding hydrogens is 230 g/mol. The van der Waals surface area contributed by atoms with Crippen LogP contribution in [0, 0.1) is 11.8 Å². The molecule has 1 aromatic rings. The third-order valence-electron chi connectivity index (χ3n) is 3.76. The number of carbonyl (C=O) groups excluding carboxylic acids is 1. The molecule has 3 rings (SSSR count). The number of aromatic amines is 1. The van der Waals surface area contributed by atoms with E-state index in [-0.39, 0.29) is 11.8 Å². The summed E-state index contributed by atoms with van der Waals surface area (Å²) in [5.74, 6) is 2.18. The zero-order valence-electron chi connectivity index (χ0n) is 10.4. The first-order valence-electron chi connectivity index (χ1n) is 6.62. The smallest absolute Gasteiger partial charge is 0.228 e. The minimum atomic E-state index is 0.0648. The number of hydrogen-bond donors (Lipinski definition) is 2. The molecule has 1 aromatic heterocycles. The van der Waals surface area contributed by atoms with Crippen LogP contribution in [0.2, 0.25) is 0 Å². The zero-order valence-corrected chi connectivity index (χ0v) is 10.4. The predicted octanol–water partition coefficient (Wildman–Crippen LogP) is 1.88. The van der Waals surface area contributed by atoms with Gasteiger partial charge in [0.25, 0.3) is 0 Å². The normalized spacial score (nSPS) is 21.6. The first kappa shape index (κ1) is 11.7. The number of anilines is 1. The van der Waals surface area contributed by atoms with Gasteiger partial charge in [-0.25, -0.2) is 0 Å². The predicted molar refractivity (Wildman–Crippen MR) is 67.0 cm³/mol. The SMILES string of the molecule is O=C(Nc1cc([C]2CCC2)[nH]n1)C1CCOCC1. The number of rotatable bonds is 3. The first-order valence-corrected chi connectivity index (χ1v) is 6.62. The molecule has 2 aliphatic rings. The third-order valence-corrected chi connectivity index (χ3v) is 3.76. The van der Waals surface area contributed by atoms with Crippen molar-refractivity contribution in [3.63, 3.8) is 0 Å². The Bertz CT molecular complexity index is 420. The van der Waals surface area contributed by atoms with Gasteiger partial charge in [-0.15, -0.1) is 0 Å². The number of amides is 1. The van der Waals surface area contributed by atoms with Gasteiger partial charge in [0, 0.05) is 36.8 Å². The molecule has 0 aromatic carbocycles. The second-order valence-corrected chi connectivity index (χ2v) is 5.00. The molecule has 2 fully saturated rings. The Hall–Kier alpha value is -1.36. The summed E-state index contributed by atoms with van der Waals surface area (Å²) in [5, 5.41) is 10.0. The van der Waals surface area contributed by atoms with Crippen molar-refractivity contribution in [2.75, 3.05) is 18.5 Å². The summed E-state index contributed by atoms with van der Waals surface area (Å²) in [5.41, 5.74) is 1.07. The second-order valence-electron chi connectivity index (χ2n) is 5.00. The molecule has 97 valence electrons. The van der Waals surface area contributed by atoms with Gasteiger partial charge in [-0.1, -0.05) is 6.42 Å². The fourth-order valence-electron chi connectivity index (χ4n) is 2.38. The van der Waals surface area contributed by atoms with Gasteiger partial charge < -0.3 is 10.1 Å². The molecule has 0 atom stereocenters. The van der Waals surface area contributed by atoms with Gasteiger partial charge in [-0.2, -0.15) is 5.10 Å². The molecule has 1 saturated carbocycles. The minimum absolute atomic E-state index is 0.0648. The number of hydrogen-bond acceptors (Lipinski definition) is 3. The maximum Gasteiger partial charge on any atom is 0.228 e. The van der Waals surface area contributed by atoms with Gasteiger partial charge in [0.2, 0.25) is 5.91 Å². The van der Waals surface area contributed by atoms with Gasteiger partial charge in [0.15, 0.2) is 5.82 Å². The molecule has 0 bridgehead atoms. The number of nitrogens with one attached hydrogen (secondary N) is 2. The van der Waals surface area contributed by atoms with Crippen LogP contribution in [-0.2, 0) is 9.53 Å². The summed E-state index contributed by atoms with van der Waals surface area (Å²) in [7, 11) is 0. The maximum atomic E-state index is 12.0. The molecule has 1 amide bonds. The lowest BCUT2D eigenvalue weighted by molar-refractivity contribution is -0.122. The number of ether oxygens (including phenoxy) is 1. The minimum Gasteiger partial charge on any atom is -0.381 e. The van der Waals surface area contributed by atoms with Crippen LogP contribution in [0.4, 0.5) is 5.82 Å². The average molecular weight is 248 g/mol. The van der Waals surface area contributed by atoms with Crippen LogP contribution in [0.25, 0.3) is 0 Å². The molecule has 18 heavy (non-hydrogen) atoms. The van der Waals surface area contributed by atoms with Crippen molar-refractivity contribution in [1.29, 1.82) is 0 Å². The van der Waals surface area contributed by atoms with E-state index in [0.717, 1.165) is 31.4 Å². The van der Waals surface area contributed by atoms with E-state index in [9.17, 15) is 4.79 Å². The van der Waals surface area contributed by atoms with Crippen LogP contribution < -0.4 is 5.32 Å². The summed E-state index contributed by atoms with van der Waals surface area (Å²) < 4.78 is 5.25. The van der Waals surface area contributed by atoms with E-state index >= 15 is 0 Å². The van der Waals surface area contributed by atoms with E-state index in [4.69, 9.17) is 4.74 Å². The summed E-state index contributed by atoms with van der Waals surface area (Å²) in [6, 6.07) is 1.94. The lowest BCUT2D eigenvalue weighted by Gasteiger charge is -2.22. The topological polar surface area (TPSA) is 67.0 Å². The van der Waals surface area contributed by atoms with Gasteiger partial charge in [-0.05, 0) is 25.7 Å². The van der Waals surface area contributed by atoms with E-state index in [0.29, 0.717) is 19.0 Å².